The van der Waals surface area contributed by atoms with Gasteiger partial charge in [-0.1, -0.05) is 18.2 Å². The number of amides is 1. The van der Waals surface area contributed by atoms with E-state index in [1.54, 1.807) is 14.0 Å². The van der Waals surface area contributed by atoms with Crippen molar-refractivity contribution in [2.75, 3.05) is 7.11 Å². The van der Waals surface area contributed by atoms with Gasteiger partial charge >= 0.3 is 0 Å². The molecule has 1 unspecified atom stereocenters. The molecule has 0 aromatic rings. The smallest absolute Gasteiger partial charge is 0.296 e. The standard InChI is InChI=1S/C11H12N2O2/c1-8-9(10(14)13-12-8)11(15-2)6-4-3-5-7-11/h3-6H,7H2,1-2H3. The van der Waals surface area contributed by atoms with E-state index in [1.807, 2.05) is 24.3 Å². The van der Waals surface area contributed by atoms with Gasteiger partial charge in [-0.05, 0) is 13.0 Å². The molecule has 0 saturated heterocycles. The summed E-state index contributed by atoms with van der Waals surface area (Å²) < 4.78 is 5.47. The highest BCUT2D eigenvalue weighted by molar-refractivity contribution is 5.98. The van der Waals surface area contributed by atoms with Crippen LogP contribution in [0.4, 0.5) is 0 Å². The largest absolute Gasteiger partial charge is 0.369 e. The lowest BCUT2D eigenvalue weighted by atomic mass is 9.85. The van der Waals surface area contributed by atoms with Crippen LogP contribution in [0.15, 0.2) is 45.8 Å². The molecular formula is C11H12N2O2. The van der Waals surface area contributed by atoms with E-state index < -0.39 is 5.60 Å². The number of rotatable bonds is 2. The van der Waals surface area contributed by atoms with Crippen molar-refractivity contribution in [3.63, 3.8) is 0 Å². The second-order valence-corrected chi connectivity index (χ2v) is 3.55. The van der Waals surface area contributed by atoms with Crippen LogP contribution in [0.2, 0.25) is 0 Å². The van der Waals surface area contributed by atoms with Gasteiger partial charge in [0, 0.05) is 13.5 Å². The van der Waals surface area contributed by atoms with Gasteiger partial charge in [0.25, 0.3) is 5.91 Å². The van der Waals surface area contributed by atoms with E-state index in [4.69, 9.17) is 4.74 Å². The second kappa shape index (κ2) is 3.55. The zero-order chi connectivity index (χ0) is 10.9. The SMILES string of the molecule is COC1(C2=C(C)N=NC2=O)C=CC=CC1. The minimum Gasteiger partial charge on any atom is -0.369 e. The van der Waals surface area contributed by atoms with Gasteiger partial charge < -0.3 is 4.74 Å². The van der Waals surface area contributed by atoms with Gasteiger partial charge in [0.15, 0.2) is 0 Å². The summed E-state index contributed by atoms with van der Waals surface area (Å²) in [6.07, 6.45) is 8.29. The molecular weight excluding hydrogens is 192 g/mol. The Morgan fingerprint density at radius 1 is 1.40 bits per heavy atom. The Morgan fingerprint density at radius 3 is 2.67 bits per heavy atom. The summed E-state index contributed by atoms with van der Waals surface area (Å²) in [5.74, 6) is -0.297. The molecule has 1 aliphatic heterocycles. The Balaban J connectivity index is 2.44. The lowest BCUT2D eigenvalue weighted by molar-refractivity contribution is -0.116. The first-order valence-electron chi connectivity index (χ1n) is 4.76. The minimum atomic E-state index is -0.681. The molecule has 15 heavy (non-hydrogen) atoms. The Morgan fingerprint density at radius 2 is 2.20 bits per heavy atom. The molecule has 1 heterocycles. The van der Waals surface area contributed by atoms with E-state index in [-0.39, 0.29) is 5.91 Å². The third-order valence-electron chi connectivity index (χ3n) is 2.69. The summed E-state index contributed by atoms with van der Waals surface area (Å²) in [5.41, 5.74) is 0.506. The van der Waals surface area contributed by atoms with Crippen molar-refractivity contribution < 1.29 is 9.53 Å². The van der Waals surface area contributed by atoms with Crippen LogP contribution in [0.3, 0.4) is 0 Å². The highest BCUT2D eigenvalue weighted by atomic mass is 16.5. The monoisotopic (exact) mass is 204 g/mol. The molecule has 2 rings (SSSR count). The number of methoxy groups -OCH3 is 1. The van der Waals surface area contributed by atoms with Crippen LogP contribution in [0.1, 0.15) is 13.3 Å². The molecule has 0 radical (unpaired) electrons. The van der Waals surface area contributed by atoms with E-state index in [0.29, 0.717) is 17.7 Å². The van der Waals surface area contributed by atoms with Gasteiger partial charge in [-0.15, -0.1) is 5.11 Å². The molecule has 1 amide bonds. The minimum absolute atomic E-state index is 0.297. The summed E-state index contributed by atoms with van der Waals surface area (Å²) in [4.78, 5) is 11.6. The number of nitrogens with zero attached hydrogens (tertiary/aromatic N) is 2. The van der Waals surface area contributed by atoms with E-state index in [1.165, 1.54) is 0 Å². The van der Waals surface area contributed by atoms with Crippen molar-refractivity contribution in [3.05, 3.63) is 35.6 Å². The quantitative estimate of drug-likeness (QED) is 0.692. The lowest BCUT2D eigenvalue weighted by Crippen LogP contribution is -2.35. The van der Waals surface area contributed by atoms with E-state index in [2.05, 4.69) is 10.2 Å². The van der Waals surface area contributed by atoms with Crippen molar-refractivity contribution in [1.29, 1.82) is 0 Å². The molecule has 0 spiro atoms. The maximum absolute atomic E-state index is 11.6. The molecule has 0 fully saturated rings. The summed E-state index contributed by atoms with van der Waals surface area (Å²) in [5, 5.41) is 7.32. The maximum Gasteiger partial charge on any atom is 0.296 e. The summed E-state index contributed by atoms with van der Waals surface area (Å²) >= 11 is 0. The highest BCUT2D eigenvalue weighted by Gasteiger charge is 2.39. The Hall–Kier alpha value is -1.55. The fourth-order valence-corrected chi connectivity index (χ4v) is 1.90. The fourth-order valence-electron chi connectivity index (χ4n) is 1.90. The van der Waals surface area contributed by atoms with Crippen molar-refractivity contribution in [2.24, 2.45) is 10.2 Å². The molecule has 1 atom stereocenters. The van der Waals surface area contributed by atoms with Gasteiger partial charge in [-0.2, -0.15) is 5.11 Å². The number of carbonyl (C=O) groups is 1. The van der Waals surface area contributed by atoms with E-state index in [0.717, 1.165) is 0 Å². The van der Waals surface area contributed by atoms with Gasteiger partial charge in [0.2, 0.25) is 0 Å². The number of ether oxygens (including phenoxy) is 1. The number of hydrogen-bond donors (Lipinski definition) is 0. The topological polar surface area (TPSA) is 51.0 Å². The lowest BCUT2D eigenvalue weighted by Gasteiger charge is -2.29. The third-order valence-corrected chi connectivity index (χ3v) is 2.69. The molecule has 0 aromatic carbocycles. The van der Waals surface area contributed by atoms with Gasteiger partial charge in [0.05, 0.1) is 11.3 Å². The van der Waals surface area contributed by atoms with Gasteiger partial charge in [-0.25, -0.2) is 0 Å². The molecule has 78 valence electrons. The Kier molecular flexibility index (Phi) is 2.36. The van der Waals surface area contributed by atoms with Crippen LogP contribution < -0.4 is 0 Å². The first-order valence-corrected chi connectivity index (χ1v) is 4.76. The highest BCUT2D eigenvalue weighted by Crippen LogP contribution is 2.35. The van der Waals surface area contributed by atoms with Crippen LogP contribution in [0.5, 0.6) is 0 Å². The van der Waals surface area contributed by atoms with Crippen molar-refractivity contribution >= 4 is 5.91 Å². The number of hydrogen-bond acceptors (Lipinski definition) is 3. The molecule has 4 nitrogen and oxygen atoms in total. The normalized spacial score (nSPS) is 29.3. The van der Waals surface area contributed by atoms with E-state index >= 15 is 0 Å². The summed E-state index contributed by atoms with van der Waals surface area (Å²) in [6.45, 7) is 1.77. The first-order chi connectivity index (χ1) is 7.19. The van der Waals surface area contributed by atoms with Crippen molar-refractivity contribution in [3.8, 4) is 0 Å². The molecule has 0 saturated carbocycles. The van der Waals surface area contributed by atoms with Crippen LogP contribution in [0, 0.1) is 0 Å². The Bertz CT molecular complexity index is 418. The van der Waals surface area contributed by atoms with Crippen molar-refractivity contribution in [1.82, 2.24) is 0 Å². The molecule has 4 heteroatoms. The fraction of sp³-hybridized carbons (Fsp3) is 0.364. The second-order valence-electron chi connectivity index (χ2n) is 3.55. The maximum atomic E-state index is 11.6. The van der Waals surface area contributed by atoms with Crippen molar-refractivity contribution in [2.45, 2.75) is 18.9 Å². The molecule has 0 aromatic heterocycles. The van der Waals surface area contributed by atoms with Crippen LogP contribution >= 0.6 is 0 Å². The molecule has 2 aliphatic rings. The Labute approximate surface area is 88.0 Å². The average molecular weight is 204 g/mol. The predicted octanol–water partition coefficient (Wildman–Crippen LogP) is 2.15. The zero-order valence-corrected chi connectivity index (χ0v) is 8.73. The first kappa shape index (κ1) is 9.98. The zero-order valence-electron chi connectivity index (χ0n) is 8.73. The number of allylic oxidation sites excluding steroid dienone is 3. The van der Waals surface area contributed by atoms with Crippen LogP contribution in [0.25, 0.3) is 0 Å². The molecule has 0 bridgehead atoms. The van der Waals surface area contributed by atoms with Gasteiger partial charge in [0.1, 0.15) is 5.60 Å². The number of azo groups is 1. The van der Waals surface area contributed by atoms with Gasteiger partial charge in [-0.3, -0.25) is 4.79 Å². The van der Waals surface area contributed by atoms with Crippen LogP contribution in [-0.4, -0.2) is 18.6 Å². The molecule has 1 aliphatic carbocycles. The average Bonchev–Trinajstić information content (AvgIpc) is 2.60. The predicted molar refractivity (Wildman–Crippen MR) is 55.2 cm³/mol. The third kappa shape index (κ3) is 1.47. The van der Waals surface area contributed by atoms with E-state index in [9.17, 15) is 4.79 Å². The summed E-state index contributed by atoms with van der Waals surface area (Å²) in [7, 11) is 1.59. The summed E-state index contributed by atoms with van der Waals surface area (Å²) in [6, 6.07) is 0. The van der Waals surface area contributed by atoms with Crippen LogP contribution in [-0.2, 0) is 9.53 Å². The molecule has 0 N–H and O–H groups in total. The number of carbonyl (C=O) groups excluding carboxylic acids is 1.